The standard InChI is InChI=1S/C19H16NO3.ClHO4/c1-13-12-17(16-10-6-7-11-18(16)23-14(2)21)20-19(22-13)15-8-4-3-5-9-15;2-1(3,4)5/h3-12H,1-2H3;(H,2,3,4,5)/q+1;/p-1. The number of hydrogen-bond donors (Lipinski definition) is 0. The van der Waals surface area contributed by atoms with Crippen molar-refractivity contribution in [1.29, 1.82) is 0 Å². The van der Waals surface area contributed by atoms with Crippen molar-refractivity contribution in [2.45, 2.75) is 13.8 Å². The number of rotatable bonds is 3. The van der Waals surface area contributed by atoms with Gasteiger partial charge in [-0.1, -0.05) is 30.3 Å². The minimum absolute atomic E-state index is 0.363. The molecule has 0 saturated carbocycles. The van der Waals surface area contributed by atoms with E-state index in [0.717, 1.165) is 16.9 Å². The number of carbonyl (C=O) groups is 1. The molecule has 0 unspecified atom stereocenters. The summed E-state index contributed by atoms with van der Waals surface area (Å²) in [7, 11) is -4.94. The van der Waals surface area contributed by atoms with Crippen LogP contribution in [0, 0.1) is 17.2 Å². The molecule has 0 N–H and O–H groups in total. The fourth-order valence-electron chi connectivity index (χ4n) is 2.30. The Morgan fingerprint density at radius 3 is 2.18 bits per heavy atom. The first kappa shape index (κ1) is 21.4. The van der Waals surface area contributed by atoms with Gasteiger partial charge < -0.3 is 4.74 Å². The predicted molar refractivity (Wildman–Crippen MR) is 87.8 cm³/mol. The number of aromatic nitrogens is 1. The van der Waals surface area contributed by atoms with E-state index < -0.39 is 10.2 Å². The van der Waals surface area contributed by atoms with Gasteiger partial charge in [-0.15, -0.1) is 10.2 Å². The maximum atomic E-state index is 11.3. The van der Waals surface area contributed by atoms with Crippen LogP contribution >= 0.6 is 0 Å². The molecule has 0 aliphatic rings. The summed E-state index contributed by atoms with van der Waals surface area (Å²) in [6.45, 7) is 3.25. The van der Waals surface area contributed by atoms with Gasteiger partial charge in [0.2, 0.25) is 0 Å². The SMILES string of the molecule is CC(=O)Oc1ccccc1-c1cc(C)[o+]c(-c2ccccc2)n1.[O-][Cl+3]([O-])([O-])[O-]. The Labute approximate surface area is 163 Å². The molecule has 0 atom stereocenters. The third-order valence-electron chi connectivity index (χ3n) is 3.26. The molecule has 1 aromatic heterocycles. The first-order valence-corrected chi connectivity index (χ1v) is 9.13. The molecule has 0 bridgehead atoms. The molecule has 0 aliphatic carbocycles. The highest BCUT2D eigenvalue weighted by Crippen LogP contribution is 2.31. The van der Waals surface area contributed by atoms with Crippen LogP contribution in [0.4, 0.5) is 0 Å². The molecule has 0 aliphatic heterocycles. The van der Waals surface area contributed by atoms with Gasteiger partial charge in [-0.05, 0) is 24.3 Å². The third-order valence-corrected chi connectivity index (χ3v) is 3.26. The number of ether oxygens (including phenoxy) is 1. The monoisotopic (exact) mass is 405 g/mol. The van der Waals surface area contributed by atoms with Gasteiger partial charge in [0, 0.05) is 12.5 Å². The summed E-state index contributed by atoms with van der Waals surface area (Å²) in [5.74, 6) is 1.37. The van der Waals surface area contributed by atoms with Gasteiger partial charge in [0.1, 0.15) is 11.3 Å². The van der Waals surface area contributed by atoms with E-state index in [2.05, 4.69) is 4.98 Å². The fraction of sp³-hybridized carbons (Fsp3) is 0.105. The van der Waals surface area contributed by atoms with E-state index >= 15 is 0 Å². The Balaban J connectivity index is 0.000000500. The fourth-order valence-corrected chi connectivity index (χ4v) is 2.30. The summed E-state index contributed by atoms with van der Waals surface area (Å²) < 4.78 is 45.0. The normalized spacial score (nSPS) is 10.6. The highest BCUT2D eigenvalue weighted by molar-refractivity contribution is 5.75. The van der Waals surface area contributed by atoms with Crippen molar-refractivity contribution in [1.82, 2.24) is 4.98 Å². The van der Waals surface area contributed by atoms with Gasteiger partial charge in [-0.3, -0.25) is 4.79 Å². The molecular weight excluding hydrogens is 390 g/mol. The van der Waals surface area contributed by atoms with Gasteiger partial charge in [-0.2, -0.15) is 9.40 Å². The lowest BCUT2D eigenvalue weighted by Crippen LogP contribution is -2.68. The summed E-state index contributed by atoms with van der Waals surface area (Å²) in [6.07, 6.45) is 0. The molecule has 0 radical (unpaired) electrons. The zero-order chi connectivity index (χ0) is 20.7. The Bertz CT molecular complexity index is 937. The zero-order valence-corrected chi connectivity index (χ0v) is 15.7. The lowest BCUT2D eigenvalue weighted by Gasteiger charge is -2.17. The van der Waals surface area contributed by atoms with E-state index in [4.69, 9.17) is 27.8 Å². The molecule has 2 aromatic carbocycles. The average Bonchev–Trinajstić information content (AvgIpc) is 2.60. The molecule has 8 nitrogen and oxygen atoms in total. The maximum absolute atomic E-state index is 11.3. The second-order valence-corrected chi connectivity index (χ2v) is 6.25. The molecule has 0 amide bonds. The second kappa shape index (κ2) is 9.36. The van der Waals surface area contributed by atoms with E-state index in [-0.39, 0.29) is 5.97 Å². The van der Waals surface area contributed by atoms with Crippen molar-refractivity contribution in [2.75, 3.05) is 0 Å². The number of esters is 1. The number of carbonyl (C=O) groups excluding carboxylic acids is 1. The number of aryl methyl sites for hydroxylation is 1. The predicted octanol–water partition coefficient (Wildman–Crippen LogP) is -0.233. The van der Waals surface area contributed by atoms with Crippen LogP contribution in [-0.4, -0.2) is 11.0 Å². The van der Waals surface area contributed by atoms with Crippen LogP contribution in [-0.2, 0) is 4.79 Å². The van der Waals surface area contributed by atoms with Crippen LogP contribution in [0.3, 0.4) is 0 Å². The Hall–Kier alpha value is -2.88. The van der Waals surface area contributed by atoms with Crippen LogP contribution < -0.4 is 23.4 Å². The number of para-hydroxylation sites is 1. The molecule has 1 heterocycles. The molecule has 0 saturated heterocycles. The number of nitrogens with zero attached hydrogens (tertiary/aromatic N) is 1. The Kier molecular flexibility index (Phi) is 7.16. The van der Waals surface area contributed by atoms with Crippen LogP contribution in [0.15, 0.2) is 65.1 Å². The topological polar surface area (TPSA) is 143 Å². The van der Waals surface area contributed by atoms with Gasteiger partial charge in [0.05, 0.1) is 18.7 Å². The quantitative estimate of drug-likeness (QED) is 0.330. The number of hydrogen-bond acceptors (Lipinski definition) is 7. The molecule has 28 heavy (non-hydrogen) atoms. The molecule has 0 spiro atoms. The summed E-state index contributed by atoms with van der Waals surface area (Å²) in [5, 5.41) is 0. The van der Waals surface area contributed by atoms with Crippen molar-refractivity contribution in [3.05, 3.63) is 66.4 Å². The minimum atomic E-state index is -4.94. The van der Waals surface area contributed by atoms with Gasteiger partial charge in [0.15, 0.2) is 0 Å². The van der Waals surface area contributed by atoms with E-state index in [9.17, 15) is 4.79 Å². The van der Waals surface area contributed by atoms with Gasteiger partial charge in [0.25, 0.3) is 0 Å². The smallest absolute Gasteiger partial charge is 0.426 e. The van der Waals surface area contributed by atoms with E-state index in [0.29, 0.717) is 17.3 Å². The van der Waals surface area contributed by atoms with Crippen LogP contribution in [0.1, 0.15) is 12.7 Å². The largest absolute Gasteiger partial charge is 0.460 e. The van der Waals surface area contributed by atoms with E-state index in [1.807, 2.05) is 61.5 Å². The minimum Gasteiger partial charge on any atom is -0.426 e. The van der Waals surface area contributed by atoms with Crippen molar-refractivity contribution in [3.63, 3.8) is 0 Å². The summed E-state index contributed by atoms with van der Waals surface area (Å²) >= 11 is 0. The van der Waals surface area contributed by atoms with Gasteiger partial charge in [-0.25, -0.2) is 18.6 Å². The summed E-state index contributed by atoms with van der Waals surface area (Å²) in [4.78, 5) is 15.9. The van der Waals surface area contributed by atoms with Crippen molar-refractivity contribution >= 4 is 5.97 Å². The third kappa shape index (κ3) is 7.03. The van der Waals surface area contributed by atoms with E-state index in [1.165, 1.54) is 6.92 Å². The average molecular weight is 406 g/mol. The summed E-state index contributed by atoms with van der Waals surface area (Å²) in [6, 6.07) is 18.8. The molecular formula is C19H16ClNO7. The van der Waals surface area contributed by atoms with Crippen molar-refractivity contribution in [2.24, 2.45) is 0 Å². The second-order valence-electron chi connectivity index (χ2n) is 5.49. The first-order chi connectivity index (χ1) is 13.1. The maximum Gasteiger partial charge on any atom is 0.460 e. The van der Waals surface area contributed by atoms with E-state index in [1.54, 1.807) is 6.07 Å². The summed E-state index contributed by atoms with van der Waals surface area (Å²) in [5.41, 5.74) is 2.34. The first-order valence-electron chi connectivity index (χ1n) is 7.90. The van der Waals surface area contributed by atoms with Crippen LogP contribution in [0.25, 0.3) is 22.7 Å². The van der Waals surface area contributed by atoms with Crippen molar-refractivity contribution in [3.8, 4) is 28.5 Å². The van der Waals surface area contributed by atoms with Gasteiger partial charge >= 0.3 is 17.6 Å². The number of benzene rings is 2. The molecule has 0 fully saturated rings. The molecule has 3 rings (SSSR count). The molecule has 3 aromatic rings. The lowest BCUT2D eigenvalue weighted by atomic mass is 10.1. The molecule has 146 valence electrons. The zero-order valence-electron chi connectivity index (χ0n) is 15.0. The van der Waals surface area contributed by atoms with Crippen molar-refractivity contribution < 1.29 is 42.8 Å². The highest BCUT2D eigenvalue weighted by atomic mass is 35.7. The lowest BCUT2D eigenvalue weighted by molar-refractivity contribution is -2.00. The molecule has 9 heteroatoms. The van der Waals surface area contributed by atoms with Crippen LogP contribution in [0.5, 0.6) is 5.75 Å². The van der Waals surface area contributed by atoms with Crippen LogP contribution in [0.2, 0.25) is 0 Å². The Morgan fingerprint density at radius 1 is 1.00 bits per heavy atom. The Morgan fingerprint density at radius 2 is 1.57 bits per heavy atom. The number of halogens is 1. The highest BCUT2D eigenvalue weighted by Gasteiger charge is 2.20.